The average Bonchev–Trinajstić information content (AvgIpc) is 2.14. The zero-order valence-electron chi connectivity index (χ0n) is 7.19. The molecule has 2 nitrogen and oxygen atoms in total. The highest BCUT2D eigenvalue weighted by atomic mass is 16.7. The number of hydrogen-bond acceptors (Lipinski definition) is 2. The molecule has 0 aliphatic heterocycles. The third-order valence-corrected chi connectivity index (χ3v) is 1.40. The Bertz CT molecular complexity index is 196. The molecule has 0 aliphatic rings. The Morgan fingerprint density at radius 2 is 1.92 bits per heavy atom. The molecule has 1 aromatic carbocycles. The van der Waals surface area contributed by atoms with Crippen molar-refractivity contribution in [1.82, 2.24) is 0 Å². The minimum Gasteiger partial charge on any atom is -0.348 e. The molecule has 0 bridgehead atoms. The minimum absolute atomic E-state index is 0.570. The van der Waals surface area contributed by atoms with Crippen LogP contribution in [0, 0.1) is 6.79 Å². The number of rotatable bonds is 5. The largest absolute Gasteiger partial charge is 0.348 e. The van der Waals surface area contributed by atoms with E-state index in [9.17, 15) is 0 Å². The maximum atomic E-state index is 5.11. The Labute approximate surface area is 73.1 Å². The first kappa shape index (κ1) is 9.23. The van der Waals surface area contributed by atoms with Crippen LogP contribution in [0.3, 0.4) is 0 Å². The molecule has 0 N–H and O–H groups in total. The Kier molecular flexibility index (Phi) is 4.42. The highest BCUT2D eigenvalue weighted by Gasteiger charge is 1.90. The molecule has 0 aliphatic carbocycles. The van der Waals surface area contributed by atoms with Crippen LogP contribution in [0.1, 0.15) is 12.5 Å². The van der Waals surface area contributed by atoms with Crippen molar-refractivity contribution in [1.29, 1.82) is 0 Å². The van der Waals surface area contributed by atoms with Gasteiger partial charge in [0.15, 0.2) is 0 Å². The fourth-order valence-corrected chi connectivity index (χ4v) is 0.821. The van der Waals surface area contributed by atoms with Crippen LogP contribution in [-0.2, 0) is 16.1 Å². The fourth-order valence-electron chi connectivity index (χ4n) is 0.821. The van der Waals surface area contributed by atoms with E-state index in [1.54, 1.807) is 0 Å². The van der Waals surface area contributed by atoms with Gasteiger partial charge in [-0.05, 0) is 12.5 Å². The van der Waals surface area contributed by atoms with Gasteiger partial charge < -0.3 is 9.47 Å². The van der Waals surface area contributed by atoms with Crippen LogP contribution in [0.25, 0.3) is 0 Å². The van der Waals surface area contributed by atoms with Gasteiger partial charge in [0.25, 0.3) is 0 Å². The van der Waals surface area contributed by atoms with Gasteiger partial charge in [-0.15, -0.1) is 0 Å². The summed E-state index contributed by atoms with van der Waals surface area (Å²) in [7, 11) is 0. The number of benzene rings is 1. The van der Waals surface area contributed by atoms with Crippen LogP contribution in [0.2, 0.25) is 0 Å². The molecule has 0 heterocycles. The Morgan fingerprint density at radius 1 is 1.17 bits per heavy atom. The van der Waals surface area contributed by atoms with E-state index < -0.39 is 0 Å². The molecule has 2 heteroatoms. The fraction of sp³-hybridized carbons (Fsp3) is 0.300. The molecule has 1 rings (SSSR count). The maximum absolute atomic E-state index is 5.11. The first-order valence-corrected chi connectivity index (χ1v) is 4.02. The summed E-state index contributed by atoms with van der Waals surface area (Å²) >= 11 is 0. The van der Waals surface area contributed by atoms with E-state index in [-0.39, 0.29) is 0 Å². The van der Waals surface area contributed by atoms with Crippen LogP contribution in [0.5, 0.6) is 0 Å². The van der Waals surface area contributed by atoms with Crippen molar-refractivity contribution >= 4 is 0 Å². The second-order valence-corrected chi connectivity index (χ2v) is 2.35. The molecule has 0 saturated heterocycles. The number of ether oxygens (including phenoxy) is 2. The molecule has 12 heavy (non-hydrogen) atoms. The molecule has 0 unspecified atom stereocenters. The van der Waals surface area contributed by atoms with E-state index in [4.69, 9.17) is 9.47 Å². The van der Waals surface area contributed by atoms with Gasteiger partial charge in [-0.1, -0.05) is 30.3 Å². The van der Waals surface area contributed by atoms with E-state index in [2.05, 4.69) is 0 Å². The lowest BCUT2D eigenvalue weighted by Crippen LogP contribution is -1.93. The summed E-state index contributed by atoms with van der Waals surface area (Å²) in [5.41, 5.74) is 1.15. The Balaban J connectivity index is 2.16. The van der Waals surface area contributed by atoms with Crippen LogP contribution in [-0.4, -0.2) is 6.61 Å². The van der Waals surface area contributed by atoms with Gasteiger partial charge in [0.2, 0.25) is 6.79 Å². The predicted octanol–water partition coefficient (Wildman–Crippen LogP) is 2.36. The van der Waals surface area contributed by atoms with Gasteiger partial charge in [-0.3, -0.25) is 0 Å². The van der Waals surface area contributed by atoms with E-state index in [1.807, 2.05) is 37.3 Å². The predicted molar refractivity (Wildman–Crippen MR) is 47.2 cm³/mol. The van der Waals surface area contributed by atoms with Crippen molar-refractivity contribution in [3.63, 3.8) is 0 Å². The Morgan fingerprint density at radius 3 is 2.58 bits per heavy atom. The van der Waals surface area contributed by atoms with Crippen molar-refractivity contribution in [2.75, 3.05) is 6.61 Å². The van der Waals surface area contributed by atoms with Crippen LogP contribution < -0.4 is 0 Å². The number of hydrogen-bond donors (Lipinski definition) is 0. The summed E-state index contributed by atoms with van der Waals surface area (Å²) in [5.74, 6) is 0. The summed E-state index contributed by atoms with van der Waals surface area (Å²) in [6, 6.07) is 9.98. The van der Waals surface area contributed by atoms with E-state index in [0.29, 0.717) is 13.2 Å². The highest BCUT2D eigenvalue weighted by Crippen LogP contribution is 2.01. The van der Waals surface area contributed by atoms with Crippen molar-refractivity contribution in [3.05, 3.63) is 42.7 Å². The molecule has 0 saturated carbocycles. The molecule has 0 atom stereocenters. The lowest BCUT2D eigenvalue weighted by atomic mass is 10.2. The SMILES string of the molecule is CCO[CH]OCc1ccccc1. The average molecular weight is 165 g/mol. The first-order valence-electron chi connectivity index (χ1n) is 4.02. The zero-order valence-corrected chi connectivity index (χ0v) is 7.19. The van der Waals surface area contributed by atoms with Crippen molar-refractivity contribution in [3.8, 4) is 0 Å². The van der Waals surface area contributed by atoms with Crippen molar-refractivity contribution in [2.45, 2.75) is 13.5 Å². The summed E-state index contributed by atoms with van der Waals surface area (Å²) < 4.78 is 10.0. The van der Waals surface area contributed by atoms with Crippen molar-refractivity contribution in [2.24, 2.45) is 0 Å². The molecule has 1 aromatic rings. The van der Waals surface area contributed by atoms with Gasteiger partial charge in [0.1, 0.15) is 0 Å². The second kappa shape index (κ2) is 5.75. The zero-order chi connectivity index (χ0) is 8.65. The van der Waals surface area contributed by atoms with Gasteiger partial charge in [0.05, 0.1) is 6.61 Å². The quantitative estimate of drug-likeness (QED) is 0.623. The third-order valence-electron chi connectivity index (χ3n) is 1.40. The molecule has 1 radical (unpaired) electrons. The lowest BCUT2D eigenvalue weighted by Gasteiger charge is -2.01. The summed E-state index contributed by atoms with van der Waals surface area (Å²) in [5, 5.41) is 0. The van der Waals surface area contributed by atoms with E-state index in [1.165, 1.54) is 6.79 Å². The standard InChI is InChI=1S/C10H13O2/c1-2-11-9-12-8-10-6-4-3-5-7-10/h3-7,9H,2,8H2,1H3. The Hall–Kier alpha value is -0.860. The van der Waals surface area contributed by atoms with Crippen LogP contribution >= 0.6 is 0 Å². The molecule has 0 aromatic heterocycles. The third kappa shape index (κ3) is 3.51. The molecule has 0 fully saturated rings. The minimum atomic E-state index is 0.570. The topological polar surface area (TPSA) is 18.5 Å². The maximum Gasteiger partial charge on any atom is 0.209 e. The smallest absolute Gasteiger partial charge is 0.209 e. The van der Waals surface area contributed by atoms with Gasteiger partial charge in [0, 0.05) is 6.61 Å². The molecule has 0 spiro atoms. The monoisotopic (exact) mass is 165 g/mol. The summed E-state index contributed by atoms with van der Waals surface area (Å²) in [4.78, 5) is 0. The molecule has 0 amide bonds. The van der Waals surface area contributed by atoms with Gasteiger partial charge in [-0.2, -0.15) is 0 Å². The summed E-state index contributed by atoms with van der Waals surface area (Å²) in [6.07, 6.45) is 0. The first-order chi connectivity index (χ1) is 5.93. The molecule has 65 valence electrons. The van der Waals surface area contributed by atoms with Crippen molar-refractivity contribution < 1.29 is 9.47 Å². The normalized spacial score (nSPS) is 10.1. The second-order valence-electron chi connectivity index (χ2n) is 2.35. The van der Waals surface area contributed by atoms with Crippen LogP contribution in [0.15, 0.2) is 30.3 Å². The molecular formula is C10H13O2. The van der Waals surface area contributed by atoms with E-state index in [0.717, 1.165) is 5.56 Å². The lowest BCUT2D eigenvalue weighted by molar-refractivity contribution is 0.0178. The summed E-state index contributed by atoms with van der Waals surface area (Å²) in [6.45, 7) is 4.52. The molecular weight excluding hydrogens is 152 g/mol. The van der Waals surface area contributed by atoms with Gasteiger partial charge in [-0.25, -0.2) is 0 Å². The highest BCUT2D eigenvalue weighted by molar-refractivity contribution is 5.13. The van der Waals surface area contributed by atoms with E-state index >= 15 is 0 Å². The van der Waals surface area contributed by atoms with Crippen LogP contribution in [0.4, 0.5) is 0 Å². The van der Waals surface area contributed by atoms with Gasteiger partial charge >= 0.3 is 0 Å².